The number of halogens is 2. The molecular weight excluding hydrogens is 262 g/mol. The van der Waals surface area contributed by atoms with E-state index in [1.54, 1.807) is 0 Å². The first-order chi connectivity index (χ1) is 7.83. The molecule has 3 atom stereocenters. The molecular formula is C11H19BCl2O3. The van der Waals surface area contributed by atoms with Gasteiger partial charge >= 0.3 is 7.12 Å². The van der Waals surface area contributed by atoms with E-state index in [-0.39, 0.29) is 17.9 Å². The van der Waals surface area contributed by atoms with Gasteiger partial charge in [0.1, 0.15) is 4.74 Å². The first kappa shape index (κ1) is 13.9. The van der Waals surface area contributed by atoms with Gasteiger partial charge in [-0.3, -0.25) is 0 Å². The van der Waals surface area contributed by atoms with Crippen LogP contribution in [0.15, 0.2) is 0 Å². The molecule has 2 bridgehead atoms. The molecule has 0 aromatic carbocycles. The summed E-state index contributed by atoms with van der Waals surface area (Å²) < 4.78 is 4.63. The van der Waals surface area contributed by atoms with Crippen LogP contribution in [0, 0.1) is 17.3 Å². The molecule has 0 radical (unpaired) electrons. The van der Waals surface area contributed by atoms with Crippen molar-refractivity contribution >= 4 is 30.3 Å². The molecule has 3 aliphatic rings. The maximum absolute atomic E-state index is 9.68. The Labute approximate surface area is 113 Å². The number of rotatable bonds is 4. The fraction of sp³-hybridized carbons (Fsp3) is 1.00. The molecule has 0 spiro atoms. The van der Waals surface area contributed by atoms with E-state index in [2.05, 4.69) is 13.8 Å². The van der Waals surface area contributed by atoms with Crippen LogP contribution < -0.4 is 0 Å². The number of aliphatic hydroxyl groups is 1. The summed E-state index contributed by atoms with van der Waals surface area (Å²) in [5, 5.41) is 19.4. The smallest absolute Gasteiger partial charge is 0.425 e. The van der Waals surface area contributed by atoms with Crippen LogP contribution >= 0.6 is 23.2 Å². The molecule has 0 saturated heterocycles. The van der Waals surface area contributed by atoms with Crippen molar-refractivity contribution in [1.82, 2.24) is 0 Å². The van der Waals surface area contributed by atoms with Gasteiger partial charge in [0, 0.05) is 0 Å². The quantitative estimate of drug-likeness (QED) is 0.612. The van der Waals surface area contributed by atoms with Gasteiger partial charge in [-0.05, 0) is 36.5 Å². The van der Waals surface area contributed by atoms with Crippen molar-refractivity contribution < 1.29 is 14.8 Å². The standard InChI is InChI=1S/C11H19BCl2O3/c1-10(2)7-3-4-11(6-15,8(10)5-7)17-12(16)9(13)14/h7-9,15-16H,3-6H2,1-2H3/t7-,8-,11+/m0/s1. The minimum absolute atomic E-state index is 0.0919. The number of aliphatic hydroxyl groups excluding tert-OH is 1. The van der Waals surface area contributed by atoms with Crippen LogP contribution in [0.3, 0.4) is 0 Å². The Morgan fingerprint density at radius 2 is 2.12 bits per heavy atom. The van der Waals surface area contributed by atoms with E-state index < -0.39 is 17.5 Å². The molecule has 3 rings (SSSR count). The van der Waals surface area contributed by atoms with E-state index >= 15 is 0 Å². The normalized spacial score (nSPS) is 39.0. The van der Waals surface area contributed by atoms with Crippen LogP contribution in [0.2, 0.25) is 0 Å². The maximum atomic E-state index is 9.68. The Bertz CT molecular complexity index is 298. The first-order valence-electron chi connectivity index (χ1n) is 6.08. The summed E-state index contributed by atoms with van der Waals surface area (Å²) >= 11 is 11.2. The van der Waals surface area contributed by atoms with Crippen LogP contribution in [0.5, 0.6) is 0 Å². The minimum atomic E-state index is -1.24. The predicted molar refractivity (Wildman–Crippen MR) is 69.0 cm³/mol. The Hall–Kier alpha value is 0.525. The molecule has 17 heavy (non-hydrogen) atoms. The highest BCUT2D eigenvalue weighted by Crippen LogP contribution is 2.63. The zero-order valence-electron chi connectivity index (χ0n) is 10.2. The summed E-state index contributed by atoms with van der Waals surface area (Å²) in [6.07, 6.45) is 2.83. The molecule has 6 heteroatoms. The Morgan fingerprint density at radius 1 is 1.47 bits per heavy atom. The number of hydrogen-bond acceptors (Lipinski definition) is 3. The third kappa shape index (κ3) is 2.12. The number of fused-ring (bicyclic) bond motifs is 2. The van der Waals surface area contributed by atoms with Gasteiger partial charge in [0.15, 0.2) is 0 Å². The van der Waals surface area contributed by atoms with E-state index in [1.807, 2.05) is 0 Å². The largest absolute Gasteiger partial charge is 0.489 e. The average Bonchev–Trinajstić information content (AvgIpc) is 2.28. The Balaban J connectivity index is 2.14. The van der Waals surface area contributed by atoms with Gasteiger partial charge in [-0.2, -0.15) is 0 Å². The zero-order valence-corrected chi connectivity index (χ0v) is 11.7. The Kier molecular flexibility index (Phi) is 3.75. The monoisotopic (exact) mass is 280 g/mol. The second kappa shape index (κ2) is 4.57. The SMILES string of the molecule is CC1(C)[C@H]2CC[C@](CO)(OB(O)C(Cl)Cl)[C@H]1C2. The second-order valence-corrected chi connectivity index (χ2v) is 7.07. The highest BCUT2D eigenvalue weighted by atomic mass is 35.5. The van der Waals surface area contributed by atoms with E-state index in [0.29, 0.717) is 5.92 Å². The van der Waals surface area contributed by atoms with Crippen LogP contribution in [-0.2, 0) is 4.65 Å². The van der Waals surface area contributed by atoms with Gasteiger partial charge in [0.2, 0.25) is 0 Å². The van der Waals surface area contributed by atoms with Crippen molar-refractivity contribution in [3.8, 4) is 0 Å². The van der Waals surface area contributed by atoms with Gasteiger partial charge in [-0.1, -0.05) is 13.8 Å². The van der Waals surface area contributed by atoms with Crippen LogP contribution in [-0.4, -0.2) is 34.2 Å². The van der Waals surface area contributed by atoms with Gasteiger partial charge < -0.3 is 14.8 Å². The summed E-state index contributed by atoms with van der Waals surface area (Å²) in [6, 6.07) is 0. The molecule has 2 N–H and O–H groups in total. The van der Waals surface area contributed by atoms with Crippen LogP contribution in [0.4, 0.5) is 0 Å². The fourth-order valence-electron chi connectivity index (χ4n) is 3.65. The number of hydrogen-bond donors (Lipinski definition) is 2. The lowest BCUT2D eigenvalue weighted by Gasteiger charge is -2.64. The number of alkyl halides is 2. The molecule has 0 amide bonds. The van der Waals surface area contributed by atoms with Gasteiger partial charge in [-0.15, -0.1) is 23.2 Å². The van der Waals surface area contributed by atoms with Crippen molar-refractivity contribution in [1.29, 1.82) is 0 Å². The molecule has 98 valence electrons. The lowest BCUT2D eigenvalue weighted by atomic mass is 9.44. The third-order valence-electron chi connectivity index (χ3n) is 4.86. The molecule has 0 aliphatic heterocycles. The van der Waals surface area contributed by atoms with Crippen molar-refractivity contribution in [3.63, 3.8) is 0 Å². The summed E-state index contributed by atoms with van der Waals surface area (Å²) in [6.45, 7) is 4.30. The van der Waals surface area contributed by atoms with Gasteiger partial charge in [-0.25, -0.2) is 0 Å². The van der Waals surface area contributed by atoms with Crippen LogP contribution in [0.1, 0.15) is 33.1 Å². The molecule has 3 saturated carbocycles. The molecule has 3 nitrogen and oxygen atoms in total. The topological polar surface area (TPSA) is 49.7 Å². The third-order valence-corrected chi connectivity index (χ3v) is 5.29. The van der Waals surface area contributed by atoms with E-state index in [4.69, 9.17) is 27.9 Å². The Morgan fingerprint density at radius 3 is 2.53 bits per heavy atom. The second-order valence-electron chi connectivity index (χ2n) is 5.91. The van der Waals surface area contributed by atoms with Gasteiger partial charge in [0.25, 0.3) is 0 Å². The van der Waals surface area contributed by atoms with E-state index in [0.717, 1.165) is 19.3 Å². The van der Waals surface area contributed by atoms with Crippen molar-refractivity contribution in [3.05, 3.63) is 0 Å². The van der Waals surface area contributed by atoms with Crippen molar-refractivity contribution in [2.24, 2.45) is 17.3 Å². The molecule has 3 fully saturated rings. The van der Waals surface area contributed by atoms with Crippen molar-refractivity contribution in [2.45, 2.75) is 43.4 Å². The summed E-state index contributed by atoms with van der Waals surface area (Å²) in [4.78, 5) is 0. The molecule has 0 aromatic heterocycles. The highest BCUT2D eigenvalue weighted by molar-refractivity contribution is 6.72. The van der Waals surface area contributed by atoms with Crippen LogP contribution in [0.25, 0.3) is 0 Å². The molecule has 0 aromatic rings. The zero-order chi connectivity index (χ0) is 12.8. The summed E-state index contributed by atoms with van der Waals surface area (Å²) in [5.41, 5.74) is -0.519. The highest BCUT2D eigenvalue weighted by Gasteiger charge is 2.62. The maximum Gasteiger partial charge on any atom is 0.489 e. The average molecular weight is 281 g/mol. The van der Waals surface area contributed by atoms with Gasteiger partial charge in [0.05, 0.1) is 12.2 Å². The molecule has 0 unspecified atom stereocenters. The molecule has 0 heterocycles. The lowest BCUT2D eigenvalue weighted by Crippen LogP contribution is -2.65. The molecule has 3 aliphatic carbocycles. The predicted octanol–water partition coefficient (Wildman–Crippen LogP) is 2.01. The minimum Gasteiger partial charge on any atom is -0.425 e. The summed E-state index contributed by atoms with van der Waals surface area (Å²) in [7, 11) is -1.24. The lowest BCUT2D eigenvalue weighted by molar-refractivity contribution is -0.208. The first-order valence-corrected chi connectivity index (χ1v) is 6.95. The van der Waals surface area contributed by atoms with E-state index in [1.165, 1.54) is 0 Å². The van der Waals surface area contributed by atoms with Crippen molar-refractivity contribution in [2.75, 3.05) is 6.61 Å². The fourth-order valence-corrected chi connectivity index (χ4v) is 3.75. The van der Waals surface area contributed by atoms with E-state index in [9.17, 15) is 10.1 Å². The summed E-state index contributed by atoms with van der Waals surface area (Å²) in [5.74, 6) is 0.969.